The molecule has 0 saturated heterocycles. The van der Waals surface area contributed by atoms with Crippen LogP contribution in [0.25, 0.3) is 0 Å². The maximum absolute atomic E-state index is 10.9. The zero-order valence-electron chi connectivity index (χ0n) is 80.2. The van der Waals surface area contributed by atoms with Gasteiger partial charge in [-0.25, -0.2) is 62.3 Å². The molecular formula is C94H162O40. The van der Waals surface area contributed by atoms with Crippen molar-refractivity contribution in [2.75, 3.05) is 159 Å². The van der Waals surface area contributed by atoms with Gasteiger partial charge in [-0.15, -0.1) is 0 Å². The molecule has 3 atom stereocenters. The summed E-state index contributed by atoms with van der Waals surface area (Å²) in [5.74, 6) is -5.50. The van der Waals surface area contributed by atoms with Crippen LogP contribution < -0.4 is 0 Å². The van der Waals surface area contributed by atoms with Gasteiger partial charge in [-0.05, 0) is 151 Å². The van der Waals surface area contributed by atoms with Crippen molar-refractivity contribution in [1.29, 1.82) is 0 Å². The maximum atomic E-state index is 10.9. The van der Waals surface area contributed by atoms with Gasteiger partial charge in [0.2, 0.25) is 0 Å². The molecule has 134 heavy (non-hydrogen) atoms. The van der Waals surface area contributed by atoms with Crippen molar-refractivity contribution in [2.24, 2.45) is 0 Å². The molecule has 14 N–H and O–H groups in total. The first kappa shape index (κ1) is 151. The largest absolute Gasteiger partial charge is 0.463 e. The standard InChI is InChI=1S/C10H18O3.2C9H16O3.2C8H14O3.3C7H12O3.C6H10O4.3C6H10O3.C5H8O3/c1-9(2)10(12)13-8-6-4-3-5-7-11;1-8(2)9(11)12-7-5-3-4-6-10;1-2-9(11)12-8-6-4-3-5-7-10;1-7(2)8(10)11-6-4-3-5-9;1-2-8(10)11-7-5-3-4-6-9;1-6(2)7(9)10-5-3-4-8;1-3-7(9)10-6(2)4-5-8;1-2-7(9)10-6-4-3-5-8;1-2-6(9)10-4-5(8)3-7;1-5(2)6(8)9-4-3-7;1-3-6(8)9-4-5(2)7;1-2-6(8)9-5-3-4-7;1-2-5(7)8-4-3-6/h11H,1,3-8H2,2H3;10H,1,3-7H2,2H3;2,10H,1,3-8H2;9H,1,3-6H2,2H3;2,9H,1,3-7H2;8H,1,3-5H2,2H3;3,6,8H,1,4-5H2,2H3;2,8H,1,3-6H2;2,5,7-8H,1,3-4H2;7H,1,3-4H2,2H3;3,5,7H,1,4H2,2H3;2,7H,1,3-5H2;2,6H,1,3-4H2. The van der Waals surface area contributed by atoms with Gasteiger partial charge in [0.05, 0.1) is 78.8 Å². The molecule has 0 saturated carbocycles. The molecule has 778 valence electrons. The second kappa shape index (κ2) is 128. The van der Waals surface area contributed by atoms with Gasteiger partial charge in [-0.2, -0.15) is 0 Å². The highest BCUT2D eigenvalue weighted by molar-refractivity contribution is 5.89. The number of hydrogen-bond acceptors (Lipinski definition) is 40. The van der Waals surface area contributed by atoms with Crippen LogP contribution in [0.2, 0.25) is 0 Å². The Kier molecular flexibility index (Phi) is 145. The van der Waals surface area contributed by atoms with E-state index in [1.165, 1.54) is 6.92 Å². The zero-order valence-corrected chi connectivity index (χ0v) is 80.2. The van der Waals surface area contributed by atoms with Crippen LogP contribution in [0.5, 0.6) is 0 Å². The fourth-order valence-corrected chi connectivity index (χ4v) is 6.06. The predicted molar refractivity (Wildman–Crippen MR) is 502 cm³/mol. The van der Waals surface area contributed by atoms with Gasteiger partial charge in [0.25, 0.3) is 0 Å². The molecule has 0 aromatic heterocycles. The molecule has 0 fully saturated rings. The summed E-state index contributed by atoms with van der Waals surface area (Å²) in [6.45, 7) is 57.6. The predicted octanol–water partition coefficient (Wildman–Crippen LogP) is 6.48. The number of carbonyl (C=O) groups excluding carboxylic acids is 13. The summed E-state index contributed by atoms with van der Waals surface area (Å²) in [7, 11) is 0. The Balaban J connectivity index is -0.000000108. The molecule has 0 spiro atoms. The van der Waals surface area contributed by atoms with E-state index in [0.29, 0.717) is 112 Å². The summed E-state index contributed by atoms with van der Waals surface area (Å²) in [4.78, 5) is 136. The van der Waals surface area contributed by atoms with Gasteiger partial charge in [0.15, 0.2) is 0 Å². The summed E-state index contributed by atoms with van der Waals surface area (Å²) in [5.41, 5.74) is 2.02. The average Bonchev–Trinajstić information content (AvgIpc) is 1.03. The van der Waals surface area contributed by atoms with E-state index in [9.17, 15) is 62.3 Å². The molecule has 0 aromatic rings. The van der Waals surface area contributed by atoms with Gasteiger partial charge in [-0.3, -0.25) is 0 Å². The van der Waals surface area contributed by atoms with Crippen LogP contribution in [0.3, 0.4) is 0 Å². The summed E-state index contributed by atoms with van der Waals surface area (Å²) in [5, 5.41) is 117. The first-order valence-corrected chi connectivity index (χ1v) is 42.7. The van der Waals surface area contributed by atoms with Crippen LogP contribution in [0.1, 0.15) is 183 Å². The fourth-order valence-electron chi connectivity index (χ4n) is 6.06. The summed E-state index contributed by atoms with van der Waals surface area (Å²) in [6.07, 6.45) is 23.4. The Labute approximate surface area is 791 Å². The molecule has 0 rings (SSSR count). The first-order chi connectivity index (χ1) is 63.5. The number of aliphatic hydroxyl groups is 14. The molecule has 40 heteroatoms. The van der Waals surface area contributed by atoms with Crippen LogP contribution in [-0.2, 0) is 124 Å². The van der Waals surface area contributed by atoms with Crippen LogP contribution in [-0.4, -0.2) is 326 Å². The lowest BCUT2D eigenvalue weighted by Crippen LogP contribution is -2.21. The van der Waals surface area contributed by atoms with E-state index < -0.39 is 66.6 Å². The quantitative estimate of drug-likeness (QED) is 0.0134. The van der Waals surface area contributed by atoms with E-state index in [0.717, 1.165) is 138 Å². The molecule has 0 aliphatic rings. The number of rotatable bonds is 61. The number of esters is 13. The molecule has 0 bridgehead atoms. The zero-order chi connectivity index (χ0) is 106. The summed E-state index contributed by atoms with van der Waals surface area (Å²) < 4.78 is 60.0. The number of carbonyl (C=O) groups is 13. The highest BCUT2D eigenvalue weighted by Crippen LogP contribution is 2.04. The third-order valence-electron chi connectivity index (χ3n) is 13.0. The Morgan fingerprint density at radius 3 is 0.642 bits per heavy atom. The van der Waals surface area contributed by atoms with Crippen molar-refractivity contribution in [3.63, 3.8) is 0 Å². The molecule has 0 aliphatic carbocycles. The van der Waals surface area contributed by atoms with Gasteiger partial charge in [0.1, 0.15) is 38.6 Å². The number of aliphatic hydroxyl groups excluding tert-OH is 14. The fraction of sp³-hybridized carbons (Fsp3) is 0.585. The Bertz CT molecular complexity index is 3060. The van der Waals surface area contributed by atoms with Crippen LogP contribution >= 0.6 is 0 Å². The smallest absolute Gasteiger partial charge is 0.333 e. The molecular weight excluding hydrogens is 1770 g/mol. The molecule has 0 aliphatic heterocycles. The third kappa shape index (κ3) is 161. The van der Waals surface area contributed by atoms with E-state index in [1.54, 1.807) is 41.5 Å². The van der Waals surface area contributed by atoms with E-state index in [1.807, 2.05) is 0 Å². The van der Waals surface area contributed by atoms with Crippen molar-refractivity contribution in [2.45, 2.75) is 202 Å². The lowest BCUT2D eigenvalue weighted by Gasteiger charge is -2.08. The van der Waals surface area contributed by atoms with Crippen molar-refractivity contribution >= 4 is 77.6 Å². The van der Waals surface area contributed by atoms with Crippen LogP contribution in [0, 0.1) is 0 Å². The van der Waals surface area contributed by atoms with Crippen molar-refractivity contribution in [3.05, 3.63) is 162 Å². The monoisotopic (exact) mass is 1930 g/mol. The molecule has 40 nitrogen and oxygen atoms in total. The third-order valence-corrected chi connectivity index (χ3v) is 13.0. The Hall–Kier alpha value is -10.8. The lowest BCUT2D eigenvalue weighted by atomic mass is 10.2. The van der Waals surface area contributed by atoms with Crippen LogP contribution in [0.15, 0.2) is 162 Å². The van der Waals surface area contributed by atoms with Crippen molar-refractivity contribution < 1.29 is 195 Å². The van der Waals surface area contributed by atoms with Gasteiger partial charge >= 0.3 is 77.6 Å². The normalized spacial score (nSPS) is 9.77. The minimum absolute atomic E-state index is 0.0326. The minimum atomic E-state index is -0.996. The topological polar surface area (TPSA) is 625 Å². The Morgan fingerprint density at radius 1 is 0.231 bits per heavy atom. The van der Waals surface area contributed by atoms with E-state index >= 15 is 0 Å². The summed E-state index contributed by atoms with van der Waals surface area (Å²) >= 11 is 0. The Morgan fingerprint density at radius 2 is 0.418 bits per heavy atom. The first-order valence-electron chi connectivity index (χ1n) is 42.7. The van der Waals surface area contributed by atoms with E-state index in [2.05, 4.69) is 119 Å². The highest BCUT2D eigenvalue weighted by Gasteiger charge is 2.09. The number of unbranched alkanes of at least 4 members (excludes halogenated alkanes) is 12. The lowest BCUT2D eigenvalue weighted by molar-refractivity contribution is -0.143. The van der Waals surface area contributed by atoms with Crippen molar-refractivity contribution in [1.82, 2.24) is 0 Å². The average molecular weight is 1930 g/mol. The van der Waals surface area contributed by atoms with Gasteiger partial charge < -0.3 is 133 Å². The SMILES string of the molecule is C=C(C)C(=O)OCCCCCCO.C=C(C)C(=O)OCCCCCO.C=C(C)C(=O)OCCCCO.C=C(C)C(=O)OCCCO.C=C(C)C(=O)OCCO.C=CC(=O)OC(C)CCO.C=CC(=O)OCC(C)O.C=CC(=O)OCC(O)CO.C=CC(=O)OCCCCCCO.C=CC(=O)OCCCCCO.C=CC(=O)OCCCCO.C=CC(=O)OCCCO.C=CC(=O)OCCO. The van der Waals surface area contributed by atoms with Crippen molar-refractivity contribution in [3.8, 4) is 0 Å². The van der Waals surface area contributed by atoms with Crippen LogP contribution in [0.4, 0.5) is 0 Å². The highest BCUT2D eigenvalue weighted by atomic mass is 16.6. The van der Waals surface area contributed by atoms with Gasteiger partial charge in [-0.1, -0.05) is 98.4 Å². The van der Waals surface area contributed by atoms with Gasteiger partial charge in [0, 0.05) is 155 Å². The second-order valence-corrected chi connectivity index (χ2v) is 26.1. The summed E-state index contributed by atoms with van der Waals surface area (Å²) in [6, 6.07) is 0. The molecule has 3 unspecified atom stereocenters. The molecule has 0 radical (unpaired) electrons. The molecule has 0 amide bonds. The van der Waals surface area contributed by atoms with E-state index in [4.69, 9.17) is 99.9 Å². The minimum Gasteiger partial charge on any atom is -0.463 e. The maximum Gasteiger partial charge on any atom is 0.333 e. The second-order valence-electron chi connectivity index (χ2n) is 26.1. The molecule has 0 aromatic carbocycles. The number of ether oxygens (including phenoxy) is 13. The van der Waals surface area contributed by atoms with E-state index in [-0.39, 0.29) is 148 Å². The molecule has 0 heterocycles. The number of hydrogen-bond donors (Lipinski definition) is 14.